The third-order valence-corrected chi connectivity index (χ3v) is 15.1. The Labute approximate surface area is 251 Å². The van der Waals surface area contributed by atoms with E-state index in [1.54, 1.807) is 5.57 Å². The third-order valence-electron chi connectivity index (χ3n) is 15.1. The predicted octanol–water partition coefficient (Wildman–Crippen LogP) is 9.91. The molecule has 6 unspecified atom stereocenters. The van der Waals surface area contributed by atoms with Crippen LogP contribution in [0.2, 0.25) is 0 Å². The second-order valence-electron chi connectivity index (χ2n) is 17.4. The fourth-order valence-electron chi connectivity index (χ4n) is 11.8. The number of rotatable bonds is 3. The smallest absolute Gasteiger partial charge is 0.226 e. The molecule has 0 aromatic heterocycles. The molecule has 224 valence electrons. The molecule has 0 aliphatic heterocycles. The van der Waals surface area contributed by atoms with Crippen LogP contribution in [0.15, 0.2) is 54.1 Å². The number of hydrogen-bond donors (Lipinski definition) is 1. The number of allylic oxidation sites excluding steroid dienone is 3. The van der Waals surface area contributed by atoms with Gasteiger partial charge in [-0.05, 0) is 114 Å². The third kappa shape index (κ3) is 4.04. The van der Waals surface area contributed by atoms with E-state index in [2.05, 4.69) is 91.0 Å². The minimum absolute atomic E-state index is 0.170. The fraction of sp³-hybridized carbons (Fsp3) is 0.718. The summed E-state index contributed by atoms with van der Waals surface area (Å²) in [7, 11) is 0. The van der Waals surface area contributed by atoms with E-state index in [0.717, 1.165) is 31.1 Å². The van der Waals surface area contributed by atoms with Crippen molar-refractivity contribution in [3.63, 3.8) is 0 Å². The molecule has 0 heterocycles. The largest absolute Gasteiger partial charge is 0.352 e. The van der Waals surface area contributed by atoms with Gasteiger partial charge in [-0.3, -0.25) is 4.79 Å². The van der Waals surface area contributed by atoms with Crippen molar-refractivity contribution < 1.29 is 4.79 Å². The summed E-state index contributed by atoms with van der Waals surface area (Å²) in [5, 5.41) is 3.33. The first-order valence-electron chi connectivity index (χ1n) is 16.8. The highest BCUT2D eigenvalue weighted by atomic mass is 16.2. The van der Waals surface area contributed by atoms with E-state index in [4.69, 9.17) is 6.58 Å². The summed E-state index contributed by atoms with van der Waals surface area (Å²) in [4.78, 5) is 13.8. The van der Waals surface area contributed by atoms with Crippen LogP contribution in [-0.2, 0) is 11.3 Å². The SMILES string of the molecule is C=C1C=C2C3C[C@@](C)(C(=O)NCc4ccccc4)CCC3(C)CC[C@@]2(C)C2(C)CCC3C(C)(C)C(C)CCC3(C)[C@@H]12. The van der Waals surface area contributed by atoms with Crippen LogP contribution in [-0.4, -0.2) is 5.91 Å². The Morgan fingerprint density at radius 2 is 1.59 bits per heavy atom. The highest BCUT2D eigenvalue weighted by Crippen LogP contribution is 2.76. The molecule has 1 N–H and O–H groups in total. The molecule has 0 radical (unpaired) electrons. The van der Waals surface area contributed by atoms with E-state index in [1.807, 2.05) is 6.07 Å². The first kappa shape index (κ1) is 29.3. The number of fused-ring (bicyclic) bond motifs is 7. The monoisotopic (exact) mass is 555 g/mol. The van der Waals surface area contributed by atoms with Gasteiger partial charge >= 0.3 is 0 Å². The summed E-state index contributed by atoms with van der Waals surface area (Å²) >= 11 is 0. The zero-order valence-electron chi connectivity index (χ0n) is 27.5. The molecule has 1 amide bonds. The number of carbonyl (C=O) groups excluding carboxylic acids is 1. The maximum absolute atomic E-state index is 13.8. The lowest BCUT2D eigenvalue weighted by Gasteiger charge is -2.71. The lowest BCUT2D eigenvalue weighted by molar-refractivity contribution is -0.176. The van der Waals surface area contributed by atoms with Crippen LogP contribution < -0.4 is 5.32 Å². The molecule has 2 heteroatoms. The van der Waals surface area contributed by atoms with E-state index in [9.17, 15) is 4.79 Å². The van der Waals surface area contributed by atoms with Crippen molar-refractivity contribution in [2.75, 3.05) is 0 Å². The first-order valence-corrected chi connectivity index (χ1v) is 16.8. The maximum Gasteiger partial charge on any atom is 0.226 e. The average Bonchev–Trinajstić information content (AvgIpc) is 2.92. The number of hydrogen-bond acceptors (Lipinski definition) is 1. The molecule has 41 heavy (non-hydrogen) atoms. The van der Waals surface area contributed by atoms with Gasteiger partial charge in [-0.2, -0.15) is 0 Å². The van der Waals surface area contributed by atoms with Gasteiger partial charge in [-0.15, -0.1) is 0 Å². The van der Waals surface area contributed by atoms with Crippen LogP contribution in [0.25, 0.3) is 0 Å². The van der Waals surface area contributed by atoms with Gasteiger partial charge in [0.1, 0.15) is 0 Å². The normalized spacial score (nSPS) is 46.7. The molecule has 4 saturated carbocycles. The Bertz CT molecular complexity index is 1260. The summed E-state index contributed by atoms with van der Waals surface area (Å²) in [6.45, 7) is 25.9. The standard InChI is InChI=1S/C39H57NO/c1-26-23-29-30-24-36(6,33(41)40-25-28-13-11-10-12-14-28)20-19-35(30,5)21-22-38(29,8)39(9)18-16-31-34(3,4)27(2)15-17-37(31,7)32(26)39/h10-14,23,27,30-32H,1,15-22,24-25H2,2-9H3,(H,40,41)/t27?,30?,31?,32-,35?,36+,37?,38-,39?/m1/s1. The van der Waals surface area contributed by atoms with E-state index in [-0.39, 0.29) is 27.6 Å². The second kappa shape index (κ2) is 9.33. The number of carbonyl (C=O) groups is 1. The number of nitrogens with one attached hydrogen (secondary N) is 1. The topological polar surface area (TPSA) is 29.1 Å². The highest BCUT2D eigenvalue weighted by Gasteiger charge is 2.68. The van der Waals surface area contributed by atoms with Gasteiger partial charge in [-0.25, -0.2) is 0 Å². The van der Waals surface area contributed by atoms with Crippen molar-refractivity contribution >= 4 is 5.91 Å². The Hall–Kier alpha value is -1.83. The van der Waals surface area contributed by atoms with Gasteiger partial charge in [0.25, 0.3) is 0 Å². The Kier molecular flexibility index (Phi) is 6.66. The van der Waals surface area contributed by atoms with Gasteiger partial charge in [0.15, 0.2) is 0 Å². The van der Waals surface area contributed by atoms with E-state index in [1.165, 1.54) is 49.7 Å². The van der Waals surface area contributed by atoms with Crippen molar-refractivity contribution in [3.05, 3.63) is 59.7 Å². The van der Waals surface area contributed by atoms with Gasteiger partial charge in [0, 0.05) is 12.0 Å². The van der Waals surface area contributed by atoms with Crippen molar-refractivity contribution in [2.24, 2.45) is 56.2 Å². The molecule has 6 rings (SSSR count). The minimum Gasteiger partial charge on any atom is -0.352 e. The van der Waals surface area contributed by atoms with E-state index >= 15 is 0 Å². The Morgan fingerprint density at radius 1 is 0.902 bits per heavy atom. The zero-order valence-corrected chi connectivity index (χ0v) is 27.5. The van der Waals surface area contributed by atoms with Gasteiger partial charge < -0.3 is 5.32 Å². The van der Waals surface area contributed by atoms with Gasteiger partial charge in [0.05, 0.1) is 0 Å². The Morgan fingerprint density at radius 3 is 2.29 bits per heavy atom. The molecule has 0 spiro atoms. The summed E-state index contributed by atoms with van der Waals surface area (Å²) in [6.07, 6.45) is 13.6. The van der Waals surface area contributed by atoms with Crippen LogP contribution in [0.4, 0.5) is 0 Å². The molecule has 9 atom stereocenters. The van der Waals surface area contributed by atoms with E-state index < -0.39 is 0 Å². The second-order valence-corrected chi connectivity index (χ2v) is 17.4. The highest BCUT2D eigenvalue weighted by molar-refractivity contribution is 5.82. The van der Waals surface area contributed by atoms with Crippen LogP contribution in [0.3, 0.4) is 0 Å². The van der Waals surface area contributed by atoms with Crippen LogP contribution in [0, 0.1) is 56.2 Å². The van der Waals surface area contributed by atoms with Crippen LogP contribution in [0.5, 0.6) is 0 Å². The van der Waals surface area contributed by atoms with Crippen LogP contribution >= 0.6 is 0 Å². The molecular weight excluding hydrogens is 498 g/mol. The quantitative estimate of drug-likeness (QED) is 0.395. The molecule has 5 aliphatic carbocycles. The van der Waals surface area contributed by atoms with E-state index in [0.29, 0.717) is 29.2 Å². The van der Waals surface area contributed by atoms with Crippen molar-refractivity contribution in [1.82, 2.24) is 5.32 Å². The van der Waals surface area contributed by atoms with Crippen molar-refractivity contribution in [1.29, 1.82) is 0 Å². The zero-order chi connectivity index (χ0) is 29.6. The first-order chi connectivity index (χ1) is 19.1. The molecule has 5 aliphatic rings. The molecule has 1 aromatic carbocycles. The molecule has 0 saturated heterocycles. The summed E-state index contributed by atoms with van der Waals surface area (Å²) in [6, 6.07) is 10.3. The van der Waals surface area contributed by atoms with Gasteiger partial charge in [0.2, 0.25) is 5.91 Å². The fourth-order valence-corrected chi connectivity index (χ4v) is 11.8. The Balaban J connectivity index is 1.34. The molecular formula is C39H57NO. The van der Waals surface area contributed by atoms with Crippen molar-refractivity contribution in [2.45, 2.75) is 120 Å². The minimum atomic E-state index is -0.329. The lowest BCUT2D eigenvalue weighted by Crippen LogP contribution is -2.64. The summed E-state index contributed by atoms with van der Waals surface area (Å²) < 4.78 is 0. The summed E-state index contributed by atoms with van der Waals surface area (Å²) in [5.41, 5.74) is 5.26. The van der Waals surface area contributed by atoms with Crippen molar-refractivity contribution in [3.8, 4) is 0 Å². The summed E-state index contributed by atoms with van der Waals surface area (Å²) in [5.74, 6) is 2.77. The predicted molar refractivity (Wildman–Crippen MR) is 171 cm³/mol. The van der Waals surface area contributed by atoms with Gasteiger partial charge in [-0.1, -0.05) is 110 Å². The maximum atomic E-state index is 13.8. The lowest BCUT2D eigenvalue weighted by atomic mass is 9.32. The number of benzene rings is 1. The van der Waals surface area contributed by atoms with Crippen LogP contribution in [0.1, 0.15) is 119 Å². The molecule has 2 nitrogen and oxygen atoms in total. The average molecular weight is 556 g/mol. The molecule has 1 aromatic rings. The molecule has 0 bridgehead atoms. The number of amides is 1. The molecule has 4 fully saturated rings.